The molecule has 4 nitrogen and oxygen atoms in total. The Kier molecular flexibility index (Phi) is 3.65. The zero-order chi connectivity index (χ0) is 15.8. The third kappa shape index (κ3) is 2.65. The fourth-order valence-corrected chi connectivity index (χ4v) is 3.68. The number of nitrogens with zero attached hydrogens (tertiary/aromatic N) is 1. The van der Waals surface area contributed by atoms with Gasteiger partial charge in [-0.1, -0.05) is 15.9 Å². The molecule has 5 heteroatoms. The molecule has 1 aliphatic rings. The van der Waals surface area contributed by atoms with Crippen LogP contribution in [0.15, 0.2) is 47.2 Å². The summed E-state index contributed by atoms with van der Waals surface area (Å²) < 4.78 is 1.08. The molecule has 0 fully saturated rings. The molecule has 3 aromatic rings. The highest BCUT2D eigenvalue weighted by molar-refractivity contribution is 9.10. The first-order valence-corrected chi connectivity index (χ1v) is 8.52. The minimum atomic E-state index is -0.0733. The number of fused-ring (bicyclic) bond motifs is 3. The van der Waals surface area contributed by atoms with Crippen molar-refractivity contribution >= 4 is 32.7 Å². The quantitative estimate of drug-likeness (QED) is 0.713. The van der Waals surface area contributed by atoms with Crippen LogP contribution in [0.2, 0.25) is 0 Å². The van der Waals surface area contributed by atoms with Gasteiger partial charge in [-0.25, -0.2) is 0 Å². The van der Waals surface area contributed by atoms with Gasteiger partial charge in [0, 0.05) is 33.5 Å². The predicted molar refractivity (Wildman–Crippen MR) is 93.4 cm³/mol. The van der Waals surface area contributed by atoms with Crippen LogP contribution in [0, 0.1) is 0 Å². The first kappa shape index (κ1) is 14.5. The molecule has 4 rings (SSSR count). The molecule has 116 valence electrons. The van der Waals surface area contributed by atoms with Gasteiger partial charge in [0.25, 0.3) is 5.91 Å². The maximum atomic E-state index is 12.4. The zero-order valence-electron chi connectivity index (χ0n) is 12.5. The van der Waals surface area contributed by atoms with Gasteiger partial charge in [0.05, 0.1) is 11.6 Å². The van der Waals surface area contributed by atoms with Gasteiger partial charge in [0.15, 0.2) is 0 Å². The summed E-state index contributed by atoms with van der Waals surface area (Å²) in [4.78, 5) is 19.9. The Morgan fingerprint density at radius 1 is 1.35 bits per heavy atom. The number of aromatic nitrogens is 2. The van der Waals surface area contributed by atoms with Crippen LogP contribution in [-0.4, -0.2) is 15.9 Å². The number of aryl methyl sites for hydroxylation is 1. The van der Waals surface area contributed by atoms with Gasteiger partial charge in [-0.2, -0.15) is 0 Å². The van der Waals surface area contributed by atoms with E-state index in [1.54, 1.807) is 24.5 Å². The van der Waals surface area contributed by atoms with Crippen molar-refractivity contribution < 1.29 is 4.79 Å². The SMILES string of the molecule is O=C(NC1CCCc2c1[nH]c1ccc(Br)cc21)c1cccnc1. The molecule has 0 spiro atoms. The molecule has 23 heavy (non-hydrogen) atoms. The molecule has 0 saturated heterocycles. The van der Waals surface area contributed by atoms with Crippen LogP contribution in [-0.2, 0) is 6.42 Å². The van der Waals surface area contributed by atoms with E-state index in [1.807, 2.05) is 6.07 Å². The highest BCUT2D eigenvalue weighted by Gasteiger charge is 2.25. The average Bonchev–Trinajstić information content (AvgIpc) is 2.95. The number of rotatable bonds is 2. The molecule has 0 radical (unpaired) electrons. The predicted octanol–water partition coefficient (Wildman–Crippen LogP) is 4.13. The molecule has 2 N–H and O–H groups in total. The van der Waals surface area contributed by atoms with E-state index >= 15 is 0 Å². The number of carbonyl (C=O) groups excluding carboxylic acids is 1. The van der Waals surface area contributed by atoms with Gasteiger partial charge in [-0.05, 0) is 55.2 Å². The van der Waals surface area contributed by atoms with Crippen molar-refractivity contribution in [2.45, 2.75) is 25.3 Å². The molecular formula is C18H16BrN3O. The van der Waals surface area contributed by atoms with Crippen molar-refractivity contribution in [1.29, 1.82) is 0 Å². The minimum Gasteiger partial charge on any atom is -0.356 e. The number of hydrogen-bond donors (Lipinski definition) is 2. The number of halogens is 1. The van der Waals surface area contributed by atoms with Gasteiger partial charge < -0.3 is 10.3 Å². The van der Waals surface area contributed by atoms with Gasteiger partial charge in [0.1, 0.15) is 0 Å². The van der Waals surface area contributed by atoms with Crippen molar-refractivity contribution in [2.75, 3.05) is 0 Å². The van der Waals surface area contributed by atoms with Crippen molar-refractivity contribution in [3.05, 3.63) is 64.0 Å². The summed E-state index contributed by atoms with van der Waals surface area (Å²) in [5, 5.41) is 4.39. The van der Waals surface area contributed by atoms with Crippen molar-refractivity contribution in [2.24, 2.45) is 0 Å². The van der Waals surface area contributed by atoms with Crippen molar-refractivity contribution in [3.8, 4) is 0 Å². The lowest BCUT2D eigenvalue weighted by Crippen LogP contribution is -2.31. The number of aromatic amines is 1. The number of nitrogens with one attached hydrogen (secondary N) is 2. The van der Waals surface area contributed by atoms with E-state index in [0.29, 0.717) is 5.56 Å². The molecule has 0 saturated carbocycles. The lowest BCUT2D eigenvalue weighted by atomic mass is 9.91. The topological polar surface area (TPSA) is 57.8 Å². The normalized spacial score (nSPS) is 17.0. The van der Waals surface area contributed by atoms with Crippen LogP contribution >= 0.6 is 15.9 Å². The third-order valence-electron chi connectivity index (χ3n) is 4.40. The lowest BCUT2D eigenvalue weighted by Gasteiger charge is -2.23. The second kappa shape index (κ2) is 5.81. The fourth-order valence-electron chi connectivity index (χ4n) is 3.32. The summed E-state index contributed by atoms with van der Waals surface area (Å²) in [6, 6.07) is 9.86. The monoisotopic (exact) mass is 369 g/mol. The van der Waals surface area contributed by atoms with E-state index < -0.39 is 0 Å². The highest BCUT2D eigenvalue weighted by atomic mass is 79.9. The molecule has 1 aliphatic carbocycles. The summed E-state index contributed by atoms with van der Waals surface area (Å²) in [5.41, 5.74) is 4.19. The van der Waals surface area contributed by atoms with Crippen molar-refractivity contribution in [3.63, 3.8) is 0 Å². The number of benzene rings is 1. The Morgan fingerprint density at radius 2 is 2.26 bits per heavy atom. The van der Waals surface area contributed by atoms with E-state index in [-0.39, 0.29) is 11.9 Å². The van der Waals surface area contributed by atoms with Crippen molar-refractivity contribution in [1.82, 2.24) is 15.3 Å². The number of pyridine rings is 1. The molecule has 1 unspecified atom stereocenters. The van der Waals surface area contributed by atoms with Gasteiger partial charge in [-0.15, -0.1) is 0 Å². The smallest absolute Gasteiger partial charge is 0.253 e. The summed E-state index contributed by atoms with van der Waals surface area (Å²) in [5.74, 6) is -0.0733. The van der Waals surface area contributed by atoms with Gasteiger partial charge in [0.2, 0.25) is 0 Å². The standard InChI is InChI=1S/C18H16BrN3O/c19-12-6-7-15-14(9-12)13-4-1-5-16(17(13)21-15)22-18(23)11-3-2-8-20-10-11/h2-3,6-10,16,21H,1,4-5H2,(H,22,23). The average molecular weight is 370 g/mol. The van der Waals surface area contributed by atoms with Crippen LogP contribution in [0.4, 0.5) is 0 Å². The Hall–Kier alpha value is -2.14. The Morgan fingerprint density at radius 3 is 3.09 bits per heavy atom. The van der Waals surface area contributed by atoms with E-state index in [4.69, 9.17) is 0 Å². The Bertz CT molecular complexity index is 873. The van der Waals surface area contributed by atoms with E-state index in [1.165, 1.54) is 10.9 Å². The Balaban J connectivity index is 1.68. The summed E-state index contributed by atoms with van der Waals surface area (Å²) in [7, 11) is 0. The maximum Gasteiger partial charge on any atom is 0.253 e. The van der Waals surface area contributed by atoms with Crippen LogP contribution in [0.5, 0.6) is 0 Å². The molecule has 1 atom stereocenters. The fraction of sp³-hybridized carbons (Fsp3) is 0.222. The molecular weight excluding hydrogens is 354 g/mol. The molecule has 1 amide bonds. The zero-order valence-corrected chi connectivity index (χ0v) is 14.1. The lowest BCUT2D eigenvalue weighted by molar-refractivity contribution is 0.0931. The van der Waals surface area contributed by atoms with Crippen LogP contribution in [0.25, 0.3) is 10.9 Å². The minimum absolute atomic E-state index is 0.0256. The summed E-state index contributed by atoms with van der Waals surface area (Å²) in [6.45, 7) is 0. The molecule has 0 aliphatic heterocycles. The molecule has 2 heterocycles. The van der Waals surface area contributed by atoms with E-state index in [9.17, 15) is 4.79 Å². The maximum absolute atomic E-state index is 12.4. The molecule has 1 aromatic carbocycles. The highest BCUT2D eigenvalue weighted by Crippen LogP contribution is 2.35. The largest absolute Gasteiger partial charge is 0.356 e. The van der Waals surface area contributed by atoms with E-state index in [0.717, 1.165) is 34.9 Å². The number of carbonyl (C=O) groups is 1. The third-order valence-corrected chi connectivity index (χ3v) is 4.89. The first-order chi connectivity index (χ1) is 11.2. The van der Waals surface area contributed by atoms with Crippen LogP contribution < -0.4 is 5.32 Å². The van der Waals surface area contributed by atoms with Crippen LogP contribution in [0.3, 0.4) is 0 Å². The van der Waals surface area contributed by atoms with Gasteiger partial charge >= 0.3 is 0 Å². The first-order valence-electron chi connectivity index (χ1n) is 7.73. The number of hydrogen-bond acceptors (Lipinski definition) is 2. The number of H-pyrrole nitrogens is 1. The Labute approximate surface area is 142 Å². The summed E-state index contributed by atoms with van der Waals surface area (Å²) in [6.07, 6.45) is 6.34. The molecule has 2 aromatic heterocycles. The second-order valence-corrected chi connectivity index (χ2v) is 6.78. The second-order valence-electron chi connectivity index (χ2n) is 5.87. The van der Waals surface area contributed by atoms with Crippen LogP contribution in [0.1, 0.15) is 40.5 Å². The van der Waals surface area contributed by atoms with Gasteiger partial charge in [-0.3, -0.25) is 9.78 Å². The summed E-state index contributed by atoms with van der Waals surface area (Å²) >= 11 is 3.54. The molecule has 0 bridgehead atoms. The van der Waals surface area contributed by atoms with E-state index in [2.05, 4.69) is 43.3 Å². The number of amides is 1.